The smallest absolute Gasteiger partial charge is 0.221 e. The minimum absolute atomic E-state index is 0.0682. The van der Waals surface area contributed by atoms with Crippen LogP contribution in [0.15, 0.2) is 23.2 Å². The molecule has 1 aromatic carbocycles. The number of aliphatic imine (C=N–C) groups is 1. The summed E-state index contributed by atoms with van der Waals surface area (Å²) < 4.78 is 27.1. The summed E-state index contributed by atoms with van der Waals surface area (Å²) in [4.78, 5) is 18.2. The van der Waals surface area contributed by atoms with Crippen molar-refractivity contribution in [1.82, 2.24) is 16.0 Å². The SMILES string of the molecule is CN=C(NCCC(=O)NC1CCCCC1)NC1CCN(c2ccc(F)cc2F)C1. The highest BCUT2D eigenvalue weighted by molar-refractivity contribution is 5.81. The third-order valence-corrected chi connectivity index (χ3v) is 5.62. The zero-order chi connectivity index (χ0) is 20.6. The molecule has 2 aliphatic rings. The van der Waals surface area contributed by atoms with Gasteiger partial charge in [-0.15, -0.1) is 0 Å². The summed E-state index contributed by atoms with van der Waals surface area (Å²) >= 11 is 0. The van der Waals surface area contributed by atoms with Crippen LogP contribution in [0.2, 0.25) is 0 Å². The molecule has 1 atom stereocenters. The monoisotopic (exact) mass is 407 g/mol. The molecule has 29 heavy (non-hydrogen) atoms. The van der Waals surface area contributed by atoms with Gasteiger partial charge in [0.25, 0.3) is 0 Å². The highest BCUT2D eigenvalue weighted by Crippen LogP contribution is 2.24. The van der Waals surface area contributed by atoms with Gasteiger partial charge in [0.15, 0.2) is 5.96 Å². The van der Waals surface area contributed by atoms with Crippen LogP contribution in [0.25, 0.3) is 0 Å². The van der Waals surface area contributed by atoms with Crippen molar-refractivity contribution >= 4 is 17.6 Å². The standard InChI is InChI=1S/C21H31F2N5O/c1-24-21(25-11-9-20(29)26-16-5-3-2-4-6-16)27-17-10-12-28(14-17)19-8-7-15(22)13-18(19)23/h7-8,13,16-17H,2-6,9-12,14H2,1H3,(H,26,29)(H2,24,25,27). The van der Waals surface area contributed by atoms with Gasteiger partial charge in [-0.25, -0.2) is 8.78 Å². The van der Waals surface area contributed by atoms with Crippen molar-refractivity contribution in [3.05, 3.63) is 29.8 Å². The average Bonchev–Trinajstić information content (AvgIpc) is 3.16. The third-order valence-electron chi connectivity index (χ3n) is 5.62. The number of carbonyl (C=O) groups is 1. The normalized spacial score (nSPS) is 20.6. The van der Waals surface area contributed by atoms with Crippen LogP contribution in [0.3, 0.4) is 0 Å². The van der Waals surface area contributed by atoms with Crippen LogP contribution in [-0.4, -0.2) is 50.6 Å². The van der Waals surface area contributed by atoms with Gasteiger partial charge in [-0.3, -0.25) is 9.79 Å². The Hall–Kier alpha value is -2.38. The van der Waals surface area contributed by atoms with E-state index < -0.39 is 11.6 Å². The Morgan fingerprint density at radius 2 is 1.93 bits per heavy atom. The maximum absolute atomic E-state index is 14.0. The highest BCUT2D eigenvalue weighted by atomic mass is 19.1. The van der Waals surface area contributed by atoms with E-state index in [0.29, 0.717) is 43.7 Å². The average molecular weight is 408 g/mol. The molecule has 0 bridgehead atoms. The van der Waals surface area contributed by atoms with E-state index in [1.54, 1.807) is 7.05 Å². The van der Waals surface area contributed by atoms with Crippen LogP contribution in [0.1, 0.15) is 44.9 Å². The Morgan fingerprint density at radius 1 is 1.14 bits per heavy atom. The molecule has 8 heteroatoms. The molecule has 2 fully saturated rings. The zero-order valence-electron chi connectivity index (χ0n) is 17.0. The number of hydrogen-bond donors (Lipinski definition) is 3. The minimum atomic E-state index is -0.572. The Morgan fingerprint density at radius 3 is 2.66 bits per heavy atom. The molecule has 0 radical (unpaired) electrons. The minimum Gasteiger partial charge on any atom is -0.367 e. The third kappa shape index (κ3) is 6.30. The molecule has 6 nitrogen and oxygen atoms in total. The second kappa shape index (κ2) is 10.4. The van der Waals surface area contributed by atoms with Crippen LogP contribution in [0, 0.1) is 11.6 Å². The largest absolute Gasteiger partial charge is 0.367 e. The molecular formula is C21H31F2N5O. The quantitative estimate of drug-likeness (QED) is 0.501. The molecule has 1 aliphatic heterocycles. The summed E-state index contributed by atoms with van der Waals surface area (Å²) in [5, 5.41) is 9.60. The molecule has 1 saturated carbocycles. The summed E-state index contributed by atoms with van der Waals surface area (Å²) in [7, 11) is 1.68. The van der Waals surface area contributed by atoms with Gasteiger partial charge in [-0.1, -0.05) is 19.3 Å². The number of anilines is 1. The molecule has 0 spiro atoms. The summed E-state index contributed by atoms with van der Waals surface area (Å²) in [5.41, 5.74) is 0.415. The predicted octanol–water partition coefficient (Wildman–Crippen LogP) is 2.55. The number of carbonyl (C=O) groups excluding carboxylic acids is 1. The molecule has 160 valence electrons. The lowest BCUT2D eigenvalue weighted by Gasteiger charge is -2.23. The first-order chi connectivity index (χ1) is 14.0. The molecular weight excluding hydrogens is 376 g/mol. The lowest BCUT2D eigenvalue weighted by molar-refractivity contribution is -0.121. The van der Waals surface area contributed by atoms with Gasteiger partial charge in [0, 0.05) is 51.3 Å². The number of benzene rings is 1. The van der Waals surface area contributed by atoms with Crippen molar-refractivity contribution in [3.63, 3.8) is 0 Å². The lowest BCUT2D eigenvalue weighted by atomic mass is 9.95. The van der Waals surface area contributed by atoms with Gasteiger partial charge in [0.2, 0.25) is 5.91 Å². The highest BCUT2D eigenvalue weighted by Gasteiger charge is 2.25. The van der Waals surface area contributed by atoms with Gasteiger partial charge in [-0.2, -0.15) is 0 Å². The van der Waals surface area contributed by atoms with Gasteiger partial charge < -0.3 is 20.9 Å². The number of hydrogen-bond acceptors (Lipinski definition) is 3. The van der Waals surface area contributed by atoms with Gasteiger partial charge in [0.05, 0.1) is 5.69 Å². The van der Waals surface area contributed by atoms with Gasteiger partial charge >= 0.3 is 0 Å². The molecule has 1 aliphatic carbocycles. The fraction of sp³-hybridized carbons (Fsp3) is 0.619. The predicted molar refractivity (Wildman–Crippen MR) is 111 cm³/mol. The van der Waals surface area contributed by atoms with Gasteiger partial charge in [-0.05, 0) is 31.4 Å². The lowest BCUT2D eigenvalue weighted by Crippen LogP contribution is -2.46. The van der Waals surface area contributed by atoms with E-state index in [9.17, 15) is 13.6 Å². The van der Waals surface area contributed by atoms with Gasteiger partial charge in [0.1, 0.15) is 11.6 Å². The van der Waals surface area contributed by atoms with Crippen molar-refractivity contribution in [1.29, 1.82) is 0 Å². The topological polar surface area (TPSA) is 68.8 Å². The second-order valence-electron chi connectivity index (χ2n) is 7.82. The molecule has 1 unspecified atom stereocenters. The van der Waals surface area contributed by atoms with E-state index in [0.717, 1.165) is 25.3 Å². The Kier molecular flexibility index (Phi) is 7.66. The summed E-state index contributed by atoms with van der Waals surface area (Å²) in [5.74, 6) is -0.421. The zero-order valence-corrected chi connectivity index (χ0v) is 17.0. The van der Waals surface area contributed by atoms with Crippen molar-refractivity contribution < 1.29 is 13.6 Å². The number of rotatable bonds is 6. The van der Waals surface area contributed by atoms with E-state index in [1.165, 1.54) is 31.4 Å². The van der Waals surface area contributed by atoms with E-state index in [1.807, 2.05) is 4.90 Å². The van der Waals surface area contributed by atoms with Crippen molar-refractivity contribution in [2.75, 3.05) is 31.6 Å². The first-order valence-electron chi connectivity index (χ1n) is 10.5. The molecule has 1 amide bonds. The number of nitrogens with one attached hydrogen (secondary N) is 3. The van der Waals surface area contributed by atoms with E-state index in [-0.39, 0.29) is 11.9 Å². The fourth-order valence-corrected chi connectivity index (χ4v) is 4.06. The summed E-state index contributed by atoms with van der Waals surface area (Å²) in [6.07, 6.45) is 7.03. The number of amides is 1. The Bertz CT molecular complexity index is 721. The Labute approximate surface area is 171 Å². The van der Waals surface area contributed by atoms with E-state index in [2.05, 4.69) is 20.9 Å². The summed E-state index contributed by atoms with van der Waals surface area (Å²) in [6.45, 7) is 1.79. The van der Waals surface area contributed by atoms with Crippen LogP contribution in [0.5, 0.6) is 0 Å². The molecule has 1 heterocycles. The molecule has 3 rings (SSSR count). The van der Waals surface area contributed by atoms with Crippen molar-refractivity contribution in [2.45, 2.75) is 57.0 Å². The van der Waals surface area contributed by atoms with Crippen molar-refractivity contribution in [3.8, 4) is 0 Å². The van der Waals surface area contributed by atoms with Crippen LogP contribution in [-0.2, 0) is 4.79 Å². The number of nitrogens with zero attached hydrogens (tertiary/aromatic N) is 2. The van der Waals surface area contributed by atoms with Crippen LogP contribution >= 0.6 is 0 Å². The molecule has 1 aromatic rings. The first-order valence-corrected chi connectivity index (χ1v) is 10.5. The molecule has 1 saturated heterocycles. The van der Waals surface area contributed by atoms with Crippen LogP contribution < -0.4 is 20.9 Å². The van der Waals surface area contributed by atoms with E-state index in [4.69, 9.17) is 0 Å². The van der Waals surface area contributed by atoms with Crippen LogP contribution in [0.4, 0.5) is 14.5 Å². The molecule has 0 aromatic heterocycles. The van der Waals surface area contributed by atoms with Crippen molar-refractivity contribution in [2.24, 2.45) is 4.99 Å². The maximum atomic E-state index is 14.0. The Balaban J connectivity index is 1.39. The second-order valence-corrected chi connectivity index (χ2v) is 7.82. The van der Waals surface area contributed by atoms with E-state index >= 15 is 0 Å². The maximum Gasteiger partial charge on any atom is 0.221 e. The first kappa shape index (κ1) is 21.3. The number of guanidine groups is 1. The summed E-state index contributed by atoms with van der Waals surface area (Å²) in [6, 6.07) is 4.09. The number of halogens is 2. The molecule has 3 N–H and O–H groups in total. The fourth-order valence-electron chi connectivity index (χ4n) is 4.06.